The minimum absolute atomic E-state index is 0.834. The monoisotopic (exact) mass is 238 g/mol. The first kappa shape index (κ1) is 12.4. The molecule has 0 spiro atoms. The van der Waals surface area contributed by atoms with Gasteiger partial charge < -0.3 is 5.32 Å². The van der Waals surface area contributed by atoms with E-state index in [1.54, 1.807) is 7.05 Å². The predicted octanol–water partition coefficient (Wildman–Crippen LogP) is 0.0316. The first-order valence-corrected chi connectivity index (χ1v) is 6.37. The molecule has 0 saturated carbocycles. The van der Waals surface area contributed by atoms with Crippen molar-refractivity contribution in [1.29, 1.82) is 0 Å². The summed E-state index contributed by atoms with van der Waals surface area (Å²) in [7, 11) is 3.83. The lowest BCUT2D eigenvalue weighted by Gasteiger charge is -2.31. The Bertz CT molecular complexity index is 328. The Kier molecular flexibility index (Phi) is 4.44. The van der Waals surface area contributed by atoms with Gasteiger partial charge in [-0.25, -0.2) is 0 Å². The van der Waals surface area contributed by atoms with Gasteiger partial charge in [0.2, 0.25) is 0 Å². The molecule has 0 atom stereocenters. The van der Waals surface area contributed by atoms with E-state index in [0.717, 1.165) is 37.9 Å². The lowest BCUT2D eigenvalue weighted by molar-refractivity contribution is 0.169. The van der Waals surface area contributed by atoms with Gasteiger partial charge in [-0.15, -0.1) is 10.2 Å². The van der Waals surface area contributed by atoms with E-state index in [1.165, 1.54) is 24.1 Å². The third-order valence-electron chi connectivity index (χ3n) is 3.42. The standard InChI is InChI=1S/C11H22N6/c1-12-6-3-10-4-7-17(8-5-10)9-11-13-15-16(2)14-11/h10,12H,3-9H2,1-2H3. The van der Waals surface area contributed by atoms with Crippen LogP contribution in [0.15, 0.2) is 0 Å². The zero-order chi connectivity index (χ0) is 12.1. The summed E-state index contributed by atoms with van der Waals surface area (Å²) in [5.41, 5.74) is 0. The van der Waals surface area contributed by atoms with Gasteiger partial charge >= 0.3 is 0 Å². The van der Waals surface area contributed by atoms with Crippen molar-refractivity contribution in [3.63, 3.8) is 0 Å². The van der Waals surface area contributed by atoms with Gasteiger partial charge in [0.05, 0.1) is 13.6 Å². The Morgan fingerprint density at radius 2 is 2.12 bits per heavy atom. The van der Waals surface area contributed by atoms with Crippen LogP contribution in [-0.4, -0.2) is 51.8 Å². The van der Waals surface area contributed by atoms with Gasteiger partial charge in [-0.3, -0.25) is 4.90 Å². The second-order valence-corrected chi connectivity index (χ2v) is 4.81. The molecule has 0 amide bonds. The molecule has 1 aromatic rings. The van der Waals surface area contributed by atoms with Crippen molar-refractivity contribution < 1.29 is 0 Å². The quantitative estimate of drug-likeness (QED) is 0.784. The zero-order valence-corrected chi connectivity index (χ0v) is 10.8. The summed E-state index contributed by atoms with van der Waals surface area (Å²) >= 11 is 0. The zero-order valence-electron chi connectivity index (χ0n) is 10.8. The fourth-order valence-electron chi connectivity index (χ4n) is 2.37. The van der Waals surface area contributed by atoms with E-state index < -0.39 is 0 Å². The lowest BCUT2D eigenvalue weighted by Crippen LogP contribution is -2.34. The highest BCUT2D eigenvalue weighted by atomic mass is 15.6. The van der Waals surface area contributed by atoms with E-state index in [9.17, 15) is 0 Å². The third-order valence-corrected chi connectivity index (χ3v) is 3.42. The van der Waals surface area contributed by atoms with Crippen LogP contribution in [0.25, 0.3) is 0 Å². The maximum atomic E-state index is 4.22. The molecular weight excluding hydrogens is 216 g/mol. The second kappa shape index (κ2) is 6.07. The topological polar surface area (TPSA) is 58.9 Å². The summed E-state index contributed by atoms with van der Waals surface area (Å²) in [6, 6.07) is 0. The summed E-state index contributed by atoms with van der Waals surface area (Å²) in [6.07, 6.45) is 3.89. The van der Waals surface area contributed by atoms with E-state index in [1.807, 2.05) is 7.05 Å². The number of piperidine rings is 1. The number of rotatable bonds is 5. The molecule has 0 aromatic carbocycles. The minimum Gasteiger partial charge on any atom is -0.320 e. The number of tetrazole rings is 1. The van der Waals surface area contributed by atoms with E-state index in [4.69, 9.17) is 0 Å². The summed E-state index contributed by atoms with van der Waals surface area (Å²) in [5, 5.41) is 15.3. The average molecular weight is 238 g/mol. The molecule has 1 aliphatic heterocycles. The molecule has 1 aliphatic rings. The molecule has 2 rings (SSSR count). The van der Waals surface area contributed by atoms with Crippen molar-refractivity contribution in [1.82, 2.24) is 30.4 Å². The number of aryl methyl sites for hydroxylation is 1. The number of nitrogens with zero attached hydrogens (tertiary/aromatic N) is 5. The molecule has 1 saturated heterocycles. The molecule has 2 heterocycles. The summed E-state index contributed by atoms with van der Waals surface area (Å²) < 4.78 is 0. The normalized spacial score (nSPS) is 18.7. The fraction of sp³-hybridized carbons (Fsp3) is 0.909. The van der Waals surface area contributed by atoms with Crippen LogP contribution in [0.2, 0.25) is 0 Å². The van der Waals surface area contributed by atoms with Crippen LogP contribution >= 0.6 is 0 Å². The molecule has 0 unspecified atom stereocenters. The Morgan fingerprint density at radius 3 is 2.71 bits per heavy atom. The van der Waals surface area contributed by atoms with Gasteiger partial charge in [0, 0.05) is 0 Å². The van der Waals surface area contributed by atoms with Crippen LogP contribution in [0.5, 0.6) is 0 Å². The van der Waals surface area contributed by atoms with Crippen molar-refractivity contribution >= 4 is 0 Å². The van der Waals surface area contributed by atoms with Gasteiger partial charge in [-0.1, -0.05) is 0 Å². The van der Waals surface area contributed by atoms with E-state index in [-0.39, 0.29) is 0 Å². The Balaban J connectivity index is 1.72. The average Bonchev–Trinajstić information content (AvgIpc) is 2.74. The second-order valence-electron chi connectivity index (χ2n) is 4.81. The summed E-state index contributed by atoms with van der Waals surface area (Å²) in [4.78, 5) is 3.95. The van der Waals surface area contributed by atoms with Gasteiger partial charge in [0.15, 0.2) is 5.82 Å². The van der Waals surface area contributed by atoms with Crippen molar-refractivity contribution in [3.05, 3.63) is 5.82 Å². The molecule has 6 heteroatoms. The SMILES string of the molecule is CNCCC1CCN(Cc2nnn(C)n2)CC1. The van der Waals surface area contributed by atoms with E-state index in [0.29, 0.717) is 0 Å². The summed E-state index contributed by atoms with van der Waals surface area (Å²) in [6.45, 7) is 4.29. The molecule has 0 radical (unpaired) electrons. The van der Waals surface area contributed by atoms with E-state index in [2.05, 4.69) is 25.6 Å². The number of hydrogen-bond donors (Lipinski definition) is 1. The van der Waals surface area contributed by atoms with Crippen LogP contribution in [-0.2, 0) is 13.6 Å². The van der Waals surface area contributed by atoms with Crippen LogP contribution in [0.3, 0.4) is 0 Å². The lowest BCUT2D eigenvalue weighted by atomic mass is 9.93. The van der Waals surface area contributed by atoms with Gasteiger partial charge in [0.25, 0.3) is 0 Å². The summed E-state index contributed by atoms with van der Waals surface area (Å²) in [5.74, 6) is 1.72. The maximum Gasteiger partial charge on any atom is 0.188 e. The van der Waals surface area contributed by atoms with Gasteiger partial charge in [0.1, 0.15) is 0 Å². The smallest absolute Gasteiger partial charge is 0.188 e. The Morgan fingerprint density at radius 1 is 1.35 bits per heavy atom. The molecule has 1 fully saturated rings. The van der Waals surface area contributed by atoms with Crippen molar-refractivity contribution in [2.45, 2.75) is 25.8 Å². The highest BCUT2D eigenvalue weighted by Crippen LogP contribution is 2.20. The van der Waals surface area contributed by atoms with Crippen LogP contribution in [0, 0.1) is 5.92 Å². The fourth-order valence-corrected chi connectivity index (χ4v) is 2.37. The van der Waals surface area contributed by atoms with Gasteiger partial charge in [-0.05, 0) is 57.1 Å². The third kappa shape index (κ3) is 3.74. The Hall–Kier alpha value is -1.01. The largest absolute Gasteiger partial charge is 0.320 e. The van der Waals surface area contributed by atoms with E-state index >= 15 is 0 Å². The number of likely N-dealkylation sites (tertiary alicyclic amines) is 1. The number of hydrogen-bond acceptors (Lipinski definition) is 5. The first-order valence-electron chi connectivity index (χ1n) is 6.37. The molecule has 1 N–H and O–H groups in total. The molecule has 0 bridgehead atoms. The van der Waals surface area contributed by atoms with Crippen molar-refractivity contribution in [2.24, 2.45) is 13.0 Å². The number of aromatic nitrogens is 4. The van der Waals surface area contributed by atoms with Crippen LogP contribution < -0.4 is 5.32 Å². The van der Waals surface area contributed by atoms with Crippen molar-refractivity contribution in [2.75, 3.05) is 26.7 Å². The highest BCUT2D eigenvalue weighted by Gasteiger charge is 2.19. The van der Waals surface area contributed by atoms with Gasteiger partial charge in [-0.2, -0.15) is 4.80 Å². The minimum atomic E-state index is 0.834. The molecule has 1 aromatic heterocycles. The first-order chi connectivity index (χ1) is 8.28. The molecule has 17 heavy (non-hydrogen) atoms. The Labute approximate surface area is 102 Å². The molecule has 96 valence electrons. The highest BCUT2D eigenvalue weighted by molar-refractivity contribution is 4.80. The predicted molar refractivity (Wildman–Crippen MR) is 65.3 cm³/mol. The van der Waals surface area contributed by atoms with Crippen molar-refractivity contribution in [3.8, 4) is 0 Å². The van der Waals surface area contributed by atoms with Crippen LogP contribution in [0.1, 0.15) is 25.1 Å². The maximum absolute atomic E-state index is 4.22. The van der Waals surface area contributed by atoms with Crippen LogP contribution in [0.4, 0.5) is 0 Å². The molecule has 0 aliphatic carbocycles. The number of nitrogens with one attached hydrogen (secondary N) is 1. The molecule has 6 nitrogen and oxygen atoms in total. The molecular formula is C11H22N6.